The summed E-state index contributed by atoms with van der Waals surface area (Å²) < 4.78 is 34.2. The van der Waals surface area contributed by atoms with Crippen LogP contribution in [0.25, 0.3) is 0 Å². The van der Waals surface area contributed by atoms with Crippen LogP contribution in [0.15, 0.2) is 46.7 Å². The molecule has 1 aromatic carbocycles. The van der Waals surface area contributed by atoms with E-state index in [1.165, 1.54) is 4.31 Å². The number of nitrogens with zero attached hydrogens (tertiary/aromatic N) is 1. The standard InChI is InChI=1S/C16H18ClNO3S2/c1-16(2)11-21-13(12-6-4-3-5-7-12)10-18(16)23(19,20)15-9-8-14(17)22-15/h3-9,13H,10-11H2,1-2H3. The van der Waals surface area contributed by atoms with Crippen LogP contribution in [0.3, 0.4) is 0 Å². The van der Waals surface area contributed by atoms with Gasteiger partial charge in [-0.25, -0.2) is 8.42 Å². The van der Waals surface area contributed by atoms with Gasteiger partial charge in [0.25, 0.3) is 10.0 Å². The van der Waals surface area contributed by atoms with E-state index in [0.29, 0.717) is 10.9 Å². The number of benzene rings is 1. The second-order valence-corrected chi connectivity index (χ2v) is 9.92. The minimum atomic E-state index is -3.60. The fraction of sp³-hybridized carbons (Fsp3) is 0.375. The summed E-state index contributed by atoms with van der Waals surface area (Å²) in [7, 11) is -3.60. The predicted octanol–water partition coefficient (Wildman–Crippen LogP) is 3.94. The van der Waals surface area contributed by atoms with E-state index in [0.717, 1.165) is 16.9 Å². The van der Waals surface area contributed by atoms with E-state index >= 15 is 0 Å². The van der Waals surface area contributed by atoms with Gasteiger partial charge >= 0.3 is 0 Å². The summed E-state index contributed by atoms with van der Waals surface area (Å²) in [5, 5.41) is 0. The summed E-state index contributed by atoms with van der Waals surface area (Å²) in [4.78, 5) is 0. The van der Waals surface area contributed by atoms with Gasteiger partial charge in [0.05, 0.1) is 22.6 Å². The molecule has 4 nitrogen and oxygen atoms in total. The smallest absolute Gasteiger partial charge is 0.253 e. The fourth-order valence-electron chi connectivity index (χ4n) is 2.66. The highest BCUT2D eigenvalue weighted by Crippen LogP contribution is 2.37. The second-order valence-electron chi connectivity index (χ2n) is 6.12. The van der Waals surface area contributed by atoms with Gasteiger partial charge in [0, 0.05) is 6.54 Å². The molecule has 0 bridgehead atoms. The number of sulfonamides is 1. The monoisotopic (exact) mass is 371 g/mol. The normalized spacial score (nSPS) is 22.1. The molecule has 1 aliphatic heterocycles. The van der Waals surface area contributed by atoms with Crippen molar-refractivity contribution in [3.63, 3.8) is 0 Å². The van der Waals surface area contributed by atoms with Gasteiger partial charge < -0.3 is 4.74 Å². The molecule has 0 spiro atoms. The third kappa shape index (κ3) is 3.32. The number of halogens is 1. The number of rotatable bonds is 3. The lowest BCUT2D eigenvalue weighted by molar-refractivity contribution is -0.0654. The lowest BCUT2D eigenvalue weighted by atomic mass is 10.0. The molecule has 1 atom stereocenters. The van der Waals surface area contributed by atoms with Crippen molar-refractivity contribution in [3.8, 4) is 0 Å². The molecular formula is C16H18ClNO3S2. The van der Waals surface area contributed by atoms with Crippen LogP contribution < -0.4 is 0 Å². The average Bonchev–Trinajstić information content (AvgIpc) is 2.95. The molecule has 1 aliphatic rings. The van der Waals surface area contributed by atoms with E-state index < -0.39 is 15.6 Å². The molecule has 0 radical (unpaired) electrons. The summed E-state index contributed by atoms with van der Waals surface area (Å²) in [6.45, 7) is 4.38. The van der Waals surface area contributed by atoms with Gasteiger partial charge in [-0.1, -0.05) is 41.9 Å². The Kier molecular flexibility index (Phi) is 4.55. The topological polar surface area (TPSA) is 46.6 Å². The van der Waals surface area contributed by atoms with Crippen molar-refractivity contribution < 1.29 is 13.2 Å². The van der Waals surface area contributed by atoms with Gasteiger partial charge in [-0.05, 0) is 31.5 Å². The molecule has 1 aromatic heterocycles. The van der Waals surface area contributed by atoms with Crippen LogP contribution in [0.2, 0.25) is 4.34 Å². The van der Waals surface area contributed by atoms with E-state index in [-0.39, 0.29) is 16.9 Å². The zero-order valence-corrected chi connectivity index (χ0v) is 15.3. The van der Waals surface area contributed by atoms with Crippen molar-refractivity contribution in [2.75, 3.05) is 13.2 Å². The molecule has 0 amide bonds. The Morgan fingerprint density at radius 3 is 2.52 bits per heavy atom. The first-order chi connectivity index (χ1) is 10.8. The van der Waals surface area contributed by atoms with Gasteiger partial charge in [-0.2, -0.15) is 4.31 Å². The first-order valence-corrected chi connectivity index (χ1v) is 9.89. The average molecular weight is 372 g/mol. The maximum Gasteiger partial charge on any atom is 0.253 e. The Morgan fingerprint density at radius 1 is 1.22 bits per heavy atom. The Bertz CT molecular complexity index is 787. The van der Waals surface area contributed by atoms with Crippen LogP contribution in [-0.4, -0.2) is 31.4 Å². The number of hydrogen-bond donors (Lipinski definition) is 0. The first kappa shape index (κ1) is 16.9. The molecule has 0 saturated carbocycles. The first-order valence-electron chi connectivity index (χ1n) is 7.25. The van der Waals surface area contributed by atoms with Gasteiger partial charge in [0.2, 0.25) is 0 Å². The zero-order valence-electron chi connectivity index (χ0n) is 12.9. The molecule has 7 heteroatoms. The van der Waals surface area contributed by atoms with Gasteiger partial charge in [-0.15, -0.1) is 11.3 Å². The quantitative estimate of drug-likeness (QED) is 0.820. The highest BCUT2D eigenvalue weighted by atomic mass is 35.5. The van der Waals surface area contributed by atoms with Crippen LogP contribution in [-0.2, 0) is 14.8 Å². The number of hydrogen-bond acceptors (Lipinski definition) is 4. The van der Waals surface area contributed by atoms with E-state index in [1.54, 1.807) is 12.1 Å². The molecule has 1 unspecified atom stereocenters. The number of thiophene rings is 1. The van der Waals surface area contributed by atoms with Crippen molar-refractivity contribution in [2.24, 2.45) is 0 Å². The van der Waals surface area contributed by atoms with Crippen molar-refractivity contribution in [1.29, 1.82) is 0 Å². The van der Waals surface area contributed by atoms with Gasteiger partial charge in [0.1, 0.15) is 4.21 Å². The molecule has 0 aliphatic carbocycles. The highest BCUT2D eigenvalue weighted by Gasteiger charge is 2.43. The van der Waals surface area contributed by atoms with Crippen molar-refractivity contribution in [2.45, 2.75) is 29.7 Å². The van der Waals surface area contributed by atoms with E-state index in [9.17, 15) is 8.42 Å². The molecule has 2 heterocycles. The molecule has 3 rings (SSSR count). The molecular weight excluding hydrogens is 354 g/mol. The number of morpholine rings is 1. The maximum atomic E-state index is 13.0. The predicted molar refractivity (Wildman–Crippen MR) is 92.4 cm³/mol. The minimum Gasteiger partial charge on any atom is -0.370 e. The van der Waals surface area contributed by atoms with Crippen LogP contribution in [0.4, 0.5) is 0 Å². The minimum absolute atomic E-state index is 0.268. The molecule has 23 heavy (non-hydrogen) atoms. The van der Waals surface area contributed by atoms with Gasteiger partial charge in [0.15, 0.2) is 0 Å². The lowest BCUT2D eigenvalue weighted by Crippen LogP contribution is -2.55. The SMILES string of the molecule is CC1(C)COC(c2ccccc2)CN1S(=O)(=O)c1ccc(Cl)s1. The van der Waals surface area contributed by atoms with E-state index in [2.05, 4.69) is 0 Å². The Morgan fingerprint density at radius 2 is 1.91 bits per heavy atom. The van der Waals surface area contributed by atoms with Crippen molar-refractivity contribution in [1.82, 2.24) is 4.31 Å². The third-order valence-electron chi connectivity index (χ3n) is 3.91. The third-order valence-corrected chi connectivity index (χ3v) is 7.68. The summed E-state index contributed by atoms with van der Waals surface area (Å²) in [5.74, 6) is 0. The highest BCUT2D eigenvalue weighted by molar-refractivity contribution is 7.91. The Labute approximate surface area is 145 Å². The summed E-state index contributed by atoms with van der Waals surface area (Å²) in [6.07, 6.45) is -0.269. The van der Waals surface area contributed by atoms with Crippen molar-refractivity contribution >= 4 is 33.0 Å². The van der Waals surface area contributed by atoms with E-state index in [4.69, 9.17) is 16.3 Å². The second kappa shape index (κ2) is 6.18. The molecule has 1 fully saturated rings. The largest absolute Gasteiger partial charge is 0.370 e. The summed E-state index contributed by atoms with van der Waals surface area (Å²) in [6, 6.07) is 12.9. The molecule has 1 saturated heterocycles. The Balaban J connectivity index is 1.95. The Hall–Kier alpha value is -0.920. The summed E-state index contributed by atoms with van der Waals surface area (Å²) >= 11 is 6.99. The summed E-state index contributed by atoms with van der Waals surface area (Å²) in [5.41, 5.74) is 0.369. The van der Waals surface area contributed by atoms with Crippen LogP contribution in [0.5, 0.6) is 0 Å². The molecule has 2 aromatic rings. The molecule has 124 valence electrons. The van der Waals surface area contributed by atoms with Crippen molar-refractivity contribution in [3.05, 3.63) is 52.4 Å². The lowest BCUT2D eigenvalue weighted by Gasteiger charge is -2.44. The maximum absolute atomic E-state index is 13.0. The van der Waals surface area contributed by atoms with Crippen LogP contribution in [0.1, 0.15) is 25.5 Å². The fourth-order valence-corrected chi connectivity index (χ4v) is 6.03. The van der Waals surface area contributed by atoms with Crippen LogP contribution in [0, 0.1) is 0 Å². The molecule has 0 N–H and O–H groups in total. The van der Waals surface area contributed by atoms with Gasteiger partial charge in [-0.3, -0.25) is 0 Å². The zero-order chi connectivity index (χ0) is 16.7. The number of ether oxygens (including phenoxy) is 1. The van der Waals surface area contributed by atoms with Crippen LogP contribution >= 0.6 is 22.9 Å². The van der Waals surface area contributed by atoms with E-state index in [1.807, 2.05) is 44.2 Å².